The van der Waals surface area contributed by atoms with Gasteiger partial charge in [0.15, 0.2) is 46.8 Å². The van der Waals surface area contributed by atoms with Crippen LogP contribution in [0.3, 0.4) is 0 Å². The van der Waals surface area contributed by atoms with Gasteiger partial charge in [-0.05, 0) is 125 Å². The predicted molar refractivity (Wildman–Crippen MR) is 244 cm³/mol. The molecule has 2 aromatic heterocycles. The molecule has 2 aromatic carbocycles. The maximum atomic E-state index is 13.6. The van der Waals surface area contributed by atoms with Crippen molar-refractivity contribution in [3.63, 3.8) is 0 Å². The molecule has 0 amide bonds. The van der Waals surface area contributed by atoms with Gasteiger partial charge in [-0.1, -0.05) is 24.3 Å². The van der Waals surface area contributed by atoms with Crippen LogP contribution in [0.2, 0.25) is 0 Å². The number of benzene rings is 2. The Morgan fingerprint density at radius 3 is 1.97 bits per heavy atom. The highest BCUT2D eigenvalue weighted by atomic mass is 32.2. The smallest absolute Gasteiger partial charge is 0.316 e. The van der Waals surface area contributed by atoms with Crippen LogP contribution in [0.25, 0.3) is 9.40 Å². The van der Waals surface area contributed by atoms with Gasteiger partial charge in [0.1, 0.15) is 0 Å². The SMILES string of the molecule is O=C(Cc1cc2cc(CC(=O)Oc3ccc4c5c3O[C@H]3C(=O)CC[C@@]6(O)[C@@H](C4)C(NCC4CC4)CC[C@]536)sc2s1)Oc1ccc2c3c1O[C@H]1C(=O)CC[C@@]4(O)[C@@H](C2)C(NCC2CC2)C=C[C@]314. The zero-order valence-electron chi connectivity index (χ0n) is 36.5. The summed E-state index contributed by atoms with van der Waals surface area (Å²) < 4.78 is 26.0. The van der Waals surface area contributed by atoms with E-state index >= 15 is 0 Å². The van der Waals surface area contributed by atoms with E-state index in [0.717, 1.165) is 66.8 Å². The molecule has 12 nitrogen and oxygen atoms in total. The van der Waals surface area contributed by atoms with E-state index < -0.39 is 46.2 Å². The van der Waals surface area contributed by atoms with Gasteiger partial charge in [0.25, 0.3) is 0 Å². The molecule has 0 radical (unpaired) electrons. The van der Waals surface area contributed by atoms with Crippen molar-refractivity contribution >= 4 is 55.6 Å². The first kappa shape index (κ1) is 40.6. The van der Waals surface area contributed by atoms with Crippen LogP contribution in [-0.4, -0.2) is 82.3 Å². The molecule has 4 aromatic rings. The fourth-order valence-electron chi connectivity index (χ4n) is 14.4. The van der Waals surface area contributed by atoms with Gasteiger partial charge in [0, 0.05) is 63.0 Å². The lowest BCUT2D eigenvalue weighted by Crippen LogP contribution is -2.73. The number of fused-ring (bicyclic) bond motifs is 1. The number of rotatable bonds is 12. The average molecular weight is 929 g/mol. The van der Waals surface area contributed by atoms with E-state index in [1.807, 2.05) is 30.3 Å². The monoisotopic (exact) mass is 928 g/mol. The summed E-state index contributed by atoms with van der Waals surface area (Å²) in [6.07, 6.45) is 11.6. The number of ketones is 2. The Balaban J connectivity index is 0.668. The van der Waals surface area contributed by atoms with Crippen LogP contribution in [-0.2, 0) is 55.7 Å². The van der Waals surface area contributed by atoms with Gasteiger partial charge in [0.2, 0.25) is 0 Å². The van der Waals surface area contributed by atoms with Crippen molar-refractivity contribution in [2.45, 2.75) is 136 Å². The predicted octanol–water partition coefficient (Wildman–Crippen LogP) is 5.89. The van der Waals surface area contributed by atoms with E-state index in [1.54, 1.807) is 12.1 Å². The number of hydrogen-bond acceptors (Lipinski definition) is 14. The molecule has 4 bridgehead atoms. The highest BCUT2D eigenvalue weighted by Crippen LogP contribution is 2.68. The largest absolute Gasteiger partial charge is 0.477 e. The highest BCUT2D eigenvalue weighted by Gasteiger charge is 2.74. The number of carbonyl (C=O) groups excluding carboxylic acids is 4. The van der Waals surface area contributed by atoms with E-state index in [4.69, 9.17) is 18.9 Å². The van der Waals surface area contributed by atoms with Crippen molar-refractivity contribution in [1.82, 2.24) is 10.6 Å². The van der Waals surface area contributed by atoms with Gasteiger partial charge in [0.05, 0.1) is 38.9 Å². The Kier molecular flexibility index (Phi) is 8.66. The molecule has 342 valence electrons. The molecule has 14 rings (SSSR count). The lowest BCUT2D eigenvalue weighted by molar-refractivity contribution is -0.182. The fraction of sp³-hybridized carbons (Fsp3) is 0.538. The van der Waals surface area contributed by atoms with Crippen LogP contribution in [0.5, 0.6) is 23.0 Å². The first-order chi connectivity index (χ1) is 32.0. The lowest BCUT2D eigenvalue weighted by Gasteiger charge is -2.61. The summed E-state index contributed by atoms with van der Waals surface area (Å²) in [5.41, 5.74) is -0.393. The maximum absolute atomic E-state index is 13.6. The summed E-state index contributed by atoms with van der Waals surface area (Å²) in [7, 11) is 0. The van der Waals surface area contributed by atoms with E-state index in [2.05, 4.69) is 16.7 Å². The van der Waals surface area contributed by atoms with Gasteiger partial charge in [-0.2, -0.15) is 0 Å². The van der Waals surface area contributed by atoms with E-state index in [0.29, 0.717) is 49.5 Å². The second-order valence-electron chi connectivity index (χ2n) is 21.3. The minimum absolute atomic E-state index is 0.000242. The normalized spacial score (nSPS) is 35.8. The zero-order chi connectivity index (χ0) is 44.5. The molecular formula is C52H52N2O10S2. The third-order valence-corrected chi connectivity index (χ3v) is 20.1. The van der Waals surface area contributed by atoms with Gasteiger partial charge in [-0.25, -0.2) is 0 Å². The third-order valence-electron chi connectivity index (χ3n) is 17.7. The summed E-state index contributed by atoms with van der Waals surface area (Å²) >= 11 is 2.95. The van der Waals surface area contributed by atoms with Crippen molar-refractivity contribution < 1.29 is 48.3 Å². The number of esters is 2. The van der Waals surface area contributed by atoms with E-state index in [1.165, 1.54) is 48.4 Å². The molecule has 8 aliphatic carbocycles. The maximum Gasteiger partial charge on any atom is 0.316 e. The first-order valence-electron chi connectivity index (χ1n) is 24.2. The Labute approximate surface area is 389 Å². The molecule has 5 saturated carbocycles. The molecule has 0 saturated heterocycles. The number of aliphatic hydroxyl groups is 2. The summed E-state index contributed by atoms with van der Waals surface area (Å²) in [5.74, 6) is 1.67. The lowest BCUT2D eigenvalue weighted by atomic mass is 9.44. The highest BCUT2D eigenvalue weighted by molar-refractivity contribution is 7.38. The number of Topliss-reactive ketones (excluding diaryl/α,β-unsaturated/α-hetero) is 2. The van der Waals surface area contributed by atoms with Gasteiger partial charge in [-0.3, -0.25) is 19.2 Å². The standard InChI is InChI=1S/C52H52N2O10S2/c55-36-11-15-51(59)32-19-27-5-7-38(44-42(27)49(51,46(36)63-44)13-9-34(32)53-23-25-1-2-25)61-40(57)21-30-17-29-18-31(66-48(29)65-30)22-41(58)62-39-8-6-28-20-33-35(54-24-26-3-4-26)10-14-50-43(28)45(39)64-47(50)37(56)12-16-52(33,50)60/h5-9,13,17-18,25-26,32-35,46-47,53-54,59-60H,1-4,10-12,14-16,19-24H2/t32-,33-,34?,35?,46-,47-,49-,50-,51+,52+/m0/s1. The summed E-state index contributed by atoms with van der Waals surface area (Å²) in [4.78, 5) is 55.9. The average Bonchev–Trinajstić information content (AvgIpc) is 4.15. The molecule has 2 unspecified atom stereocenters. The van der Waals surface area contributed by atoms with Crippen LogP contribution in [0.4, 0.5) is 0 Å². The third kappa shape index (κ3) is 5.57. The Hall–Kier alpha value is -4.44. The molecular weight excluding hydrogens is 877 g/mol. The first-order valence-corrected chi connectivity index (χ1v) is 25.8. The molecule has 4 heterocycles. The fourth-order valence-corrected chi connectivity index (χ4v) is 16.9. The topological polar surface area (TPSA) is 170 Å². The van der Waals surface area contributed by atoms with Crippen LogP contribution in [0.1, 0.15) is 96.2 Å². The number of carbonyl (C=O) groups is 4. The van der Waals surface area contributed by atoms with E-state index in [9.17, 15) is 29.4 Å². The Bertz CT molecular complexity index is 2830. The quantitative estimate of drug-likeness (QED) is 0.0757. The molecule has 5 fully saturated rings. The van der Waals surface area contributed by atoms with Crippen LogP contribution >= 0.6 is 22.7 Å². The van der Waals surface area contributed by atoms with Gasteiger partial charge in [-0.15, -0.1) is 22.7 Å². The molecule has 66 heavy (non-hydrogen) atoms. The molecule has 10 aliphatic rings. The summed E-state index contributed by atoms with van der Waals surface area (Å²) in [6.45, 7) is 1.89. The Morgan fingerprint density at radius 1 is 0.712 bits per heavy atom. The molecule has 2 aliphatic heterocycles. The molecule has 10 atom stereocenters. The second kappa shape index (κ2) is 14.1. The van der Waals surface area contributed by atoms with Crippen molar-refractivity contribution in [3.05, 3.63) is 80.6 Å². The van der Waals surface area contributed by atoms with Crippen molar-refractivity contribution in [2.24, 2.45) is 23.7 Å². The zero-order valence-corrected chi connectivity index (χ0v) is 38.2. The van der Waals surface area contributed by atoms with Crippen LogP contribution < -0.4 is 29.6 Å². The molecule has 2 spiro atoms. The van der Waals surface area contributed by atoms with Crippen molar-refractivity contribution in [1.29, 1.82) is 0 Å². The van der Waals surface area contributed by atoms with E-state index in [-0.39, 0.29) is 72.7 Å². The van der Waals surface area contributed by atoms with Gasteiger partial charge >= 0.3 is 11.9 Å². The minimum Gasteiger partial charge on any atom is -0.477 e. The number of ether oxygens (including phenoxy) is 4. The van der Waals surface area contributed by atoms with Crippen LogP contribution in [0.15, 0.2) is 48.6 Å². The second-order valence-corrected chi connectivity index (χ2v) is 23.8. The van der Waals surface area contributed by atoms with Crippen molar-refractivity contribution in [2.75, 3.05) is 13.1 Å². The summed E-state index contributed by atoms with van der Waals surface area (Å²) in [6, 6.07) is 11.6. The number of hydrogen-bond donors (Lipinski definition) is 4. The van der Waals surface area contributed by atoms with Gasteiger partial charge < -0.3 is 39.8 Å². The van der Waals surface area contributed by atoms with Crippen molar-refractivity contribution in [3.8, 4) is 23.0 Å². The minimum atomic E-state index is -1.17. The Morgan fingerprint density at radius 2 is 1.30 bits per heavy atom. The molecule has 4 N–H and O–H groups in total. The van der Waals surface area contributed by atoms with Crippen LogP contribution in [0, 0.1) is 23.7 Å². The number of nitrogens with one attached hydrogen (secondary N) is 2. The summed E-state index contributed by atoms with van der Waals surface area (Å²) in [5, 5.41) is 33.7. The molecule has 14 heteroatoms. The number of thiophene rings is 2.